The van der Waals surface area contributed by atoms with Crippen LogP contribution in [0, 0.1) is 0 Å². The van der Waals surface area contributed by atoms with Crippen LogP contribution in [0.2, 0.25) is 10.0 Å². The van der Waals surface area contributed by atoms with Crippen molar-refractivity contribution < 1.29 is 37.4 Å². The Morgan fingerprint density at radius 1 is 0.878 bits per heavy atom. The molecule has 0 saturated carbocycles. The highest BCUT2D eigenvalue weighted by atomic mass is 35.5. The molecule has 0 spiro atoms. The van der Waals surface area contributed by atoms with Crippen molar-refractivity contribution in [3.05, 3.63) is 94.2 Å². The summed E-state index contributed by atoms with van der Waals surface area (Å²) in [5.41, 5.74) is 7.22. The molecule has 2 heterocycles. The van der Waals surface area contributed by atoms with Crippen molar-refractivity contribution in [2.75, 3.05) is 18.2 Å². The molecule has 0 bridgehead atoms. The lowest BCUT2D eigenvalue weighted by Crippen LogP contribution is -2.30. The molecule has 0 atom stereocenters. The van der Waals surface area contributed by atoms with E-state index in [1.165, 1.54) is 30.5 Å². The highest BCUT2D eigenvalue weighted by Crippen LogP contribution is 2.31. The summed E-state index contributed by atoms with van der Waals surface area (Å²) in [5.74, 6) is -4.16. The van der Waals surface area contributed by atoms with E-state index >= 15 is 0 Å². The fourth-order valence-corrected chi connectivity index (χ4v) is 3.84. The Morgan fingerprint density at radius 3 is 1.83 bits per heavy atom. The predicted octanol–water partition coefficient (Wildman–Crippen LogP) is 6.37. The lowest BCUT2D eigenvalue weighted by molar-refractivity contribution is -0.167. The number of pyridine rings is 2. The molecular formula is C27H19Cl2F3N4O5. The number of nitrogen functional groups attached to an aromatic ring is 1. The summed E-state index contributed by atoms with van der Waals surface area (Å²) >= 11 is 12.0. The van der Waals surface area contributed by atoms with Crippen LogP contribution in [-0.4, -0.2) is 46.2 Å². The highest BCUT2D eigenvalue weighted by molar-refractivity contribution is 6.33. The Kier molecular flexibility index (Phi) is 9.87. The number of ether oxygens (including phenoxy) is 1. The van der Waals surface area contributed by atoms with Crippen molar-refractivity contribution in [3.8, 4) is 22.5 Å². The van der Waals surface area contributed by atoms with E-state index in [2.05, 4.69) is 14.7 Å². The van der Waals surface area contributed by atoms with Gasteiger partial charge in [0, 0.05) is 29.2 Å². The first-order chi connectivity index (χ1) is 19.3. The number of aromatic nitrogens is 2. The third kappa shape index (κ3) is 7.71. The number of carbonyl (C=O) groups excluding carboxylic acids is 2. The predicted molar refractivity (Wildman–Crippen MR) is 147 cm³/mol. The van der Waals surface area contributed by atoms with Gasteiger partial charge in [-0.15, -0.1) is 0 Å². The van der Waals surface area contributed by atoms with E-state index in [0.717, 1.165) is 7.11 Å². The van der Waals surface area contributed by atoms with E-state index in [9.17, 15) is 27.6 Å². The maximum absolute atomic E-state index is 12.5. The minimum atomic E-state index is -5.11. The molecule has 4 rings (SSSR count). The molecule has 0 saturated heterocycles. The summed E-state index contributed by atoms with van der Waals surface area (Å²) in [4.78, 5) is 41.8. The smallest absolute Gasteiger partial charge is 0.471 e. The van der Waals surface area contributed by atoms with E-state index in [0.29, 0.717) is 21.8 Å². The SMILES string of the molecule is COC(=O)c1ccc(-c2ncccc2Cl)cc1NC(=O)C(F)(F)F.Nc1cc(-c2ncccc2Cl)ccc1C(=O)O. The number of anilines is 2. The van der Waals surface area contributed by atoms with Gasteiger partial charge in [-0.05, 0) is 48.5 Å². The number of alkyl halides is 3. The van der Waals surface area contributed by atoms with Gasteiger partial charge in [-0.3, -0.25) is 14.8 Å². The summed E-state index contributed by atoms with van der Waals surface area (Å²) in [6.45, 7) is 0. The first-order valence-corrected chi connectivity index (χ1v) is 12.0. The highest BCUT2D eigenvalue weighted by Gasteiger charge is 2.39. The molecule has 2 aromatic carbocycles. The number of hydrogen-bond donors (Lipinski definition) is 3. The first kappa shape index (κ1) is 30.9. The van der Waals surface area contributed by atoms with Crippen LogP contribution < -0.4 is 11.1 Å². The zero-order chi connectivity index (χ0) is 30.3. The van der Waals surface area contributed by atoms with E-state index in [-0.39, 0.29) is 33.2 Å². The van der Waals surface area contributed by atoms with Gasteiger partial charge in [0.05, 0.1) is 45.4 Å². The third-order valence-electron chi connectivity index (χ3n) is 5.28. The molecule has 212 valence electrons. The van der Waals surface area contributed by atoms with E-state index in [1.807, 2.05) is 0 Å². The van der Waals surface area contributed by atoms with Crippen LogP contribution in [0.3, 0.4) is 0 Å². The van der Waals surface area contributed by atoms with E-state index in [4.69, 9.17) is 34.0 Å². The van der Waals surface area contributed by atoms with Crippen LogP contribution in [0.25, 0.3) is 22.5 Å². The Hall–Kier alpha value is -4.68. The Labute approximate surface area is 240 Å². The minimum absolute atomic E-state index is 0.0702. The van der Waals surface area contributed by atoms with Gasteiger partial charge in [-0.2, -0.15) is 13.2 Å². The second-order valence-electron chi connectivity index (χ2n) is 7.98. The van der Waals surface area contributed by atoms with Crippen LogP contribution in [-0.2, 0) is 9.53 Å². The van der Waals surface area contributed by atoms with Gasteiger partial charge in [0.2, 0.25) is 0 Å². The molecule has 0 aliphatic rings. The van der Waals surface area contributed by atoms with Gasteiger partial charge in [0.1, 0.15) is 0 Å². The van der Waals surface area contributed by atoms with E-state index < -0.39 is 24.0 Å². The molecule has 4 N–H and O–H groups in total. The molecule has 0 aliphatic carbocycles. The average molecular weight is 607 g/mol. The average Bonchev–Trinajstić information content (AvgIpc) is 2.92. The van der Waals surface area contributed by atoms with Crippen molar-refractivity contribution in [2.45, 2.75) is 6.18 Å². The van der Waals surface area contributed by atoms with Crippen molar-refractivity contribution in [3.63, 3.8) is 0 Å². The van der Waals surface area contributed by atoms with Crippen LogP contribution in [0.1, 0.15) is 20.7 Å². The zero-order valence-corrected chi connectivity index (χ0v) is 22.4. The molecule has 4 aromatic rings. The molecule has 0 aliphatic heterocycles. The van der Waals surface area contributed by atoms with Crippen LogP contribution in [0.15, 0.2) is 73.1 Å². The van der Waals surface area contributed by atoms with E-state index in [1.54, 1.807) is 47.9 Å². The summed E-state index contributed by atoms with van der Waals surface area (Å²) in [6, 6.07) is 15.0. The van der Waals surface area contributed by atoms with Crippen LogP contribution in [0.4, 0.5) is 24.5 Å². The topological polar surface area (TPSA) is 144 Å². The largest absolute Gasteiger partial charge is 0.478 e. The second kappa shape index (κ2) is 13.1. The molecule has 14 heteroatoms. The lowest BCUT2D eigenvalue weighted by Gasteiger charge is -2.13. The molecule has 41 heavy (non-hydrogen) atoms. The molecule has 0 fully saturated rings. The molecule has 2 aromatic heterocycles. The number of hydrogen-bond acceptors (Lipinski definition) is 7. The van der Waals surface area contributed by atoms with Crippen molar-refractivity contribution in [1.29, 1.82) is 0 Å². The fraction of sp³-hybridized carbons (Fsp3) is 0.0741. The molecule has 0 radical (unpaired) electrons. The standard InChI is InChI=1S/C15H10ClF3N2O3.C12H9ClN2O2/c1-24-13(22)9-5-4-8(12-10(16)3-2-6-20-12)7-11(9)21-14(23)15(17,18)19;13-9-2-1-5-15-11(9)7-3-4-8(12(16)17)10(14)6-7/h2-7H,1H3,(H,21,23);1-6H,14H2,(H,16,17). The monoisotopic (exact) mass is 606 g/mol. The maximum Gasteiger partial charge on any atom is 0.471 e. The number of aromatic carboxylic acids is 1. The summed E-state index contributed by atoms with van der Waals surface area (Å²) in [6.07, 6.45) is -2.04. The Bertz CT molecular complexity index is 1620. The van der Waals surface area contributed by atoms with Crippen molar-refractivity contribution >= 4 is 52.4 Å². The summed E-state index contributed by atoms with van der Waals surface area (Å²) in [5, 5.41) is 11.3. The number of esters is 1. The maximum atomic E-state index is 12.5. The van der Waals surface area contributed by atoms with Gasteiger partial charge >= 0.3 is 24.0 Å². The number of nitrogens with zero attached hydrogens (tertiary/aromatic N) is 2. The normalized spacial score (nSPS) is 10.7. The summed E-state index contributed by atoms with van der Waals surface area (Å²) in [7, 11) is 1.07. The number of nitrogens with one attached hydrogen (secondary N) is 1. The Balaban J connectivity index is 0.000000239. The number of carboxylic acid groups (broad SMARTS) is 1. The number of carboxylic acids is 1. The number of amides is 1. The fourth-order valence-electron chi connectivity index (χ4n) is 3.38. The number of halogens is 5. The number of rotatable bonds is 5. The Morgan fingerprint density at radius 2 is 1.39 bits per heavy atom. The number of carbonyl (C=O) groups is 3. The molecular weight excluding hydrogens is 588 g/mol. The quantitative estimate of drug-likeness (QED) is 0.175. The van der Waals surface area contributed by atoms with Crippen molar-refractivity contribution in [1.82, 2.24) is 9.97 Å². The van der Waals surface area contributed by atoms with Gasteiger partial charge < -0.3 is 20.9 Å². The number of methoxy groups -OCH3 is 1. The molecule has 0 unspecified atom stereocenters. The molecule has 1 amide bonds. The number of benzene rings is 2. The lowest BCUT2D eigenvalue weighted by atomic mass is 10.1. The third-order valence-corrected chi connectivity index (χ3v) is 5.89. The van der Waals surface area contributed by atoms with Gasteiger partial charge in [-0.1, -0.05) is 35.3 Å². The van der Waals surface area contributed by atoms with Gasteiger partial charge in [0.25, 0.3) is 0 Å². The van der Waals surface area contributed by atoms with Gasteiger partial charge in [0.15, 0.2) is 0 Å². The van der Waals surface area contributed by atoms with Gasteiger partial charge in [-0.25, -0.2) is 9.59 Å². The molecule has 9 nitrogen and oxygen atoms in total. The van der Waals surface area contributed by atoms with Crippen LogP contribution >= 0.6 is 23.2 Å². The number of nitrogens with two attached hydrogens (primary N) is 1. The first-order valence-electron chi connectivity index (χ1n) is 11.3. The summed E-state index contributed by atoms with van der Waals surface area (Å²) < 4.78 is 41.9. The minimum Gasteiger partial charge on any atom is -0.478 e. The van der Waals surface area contributed by atoms with Crippen LogP contribution in [0.5, 0.6) is 0 Å². The second-order valence-corrected chi connectivity index (χ2v) is 8.79. The van der Waals surface area contributed by atoms with Crippen molar-refractivity contribution in [2.24, 2.45) is 0 Å². The zero-order valence-electron chi connectivity index (χ0n) is 20.9.